The van der Waals surface area contributed by atoms with Crippen LogP contribution in [0.1, 0.15) is 114 Å². The summed E-state index contributed by atoms with van der Waals surface area (Å²) in [6.45, 7) is 7.42. The van der Waals surface area contributed by atoms with Gasteiger partial charge in [-0.3, -0.25) is 48.1 Å². The average molecular weight is 1150 g/mol. The lowest BCUT2D eigenvalue weighted by Crippen LogP contribution is -2.58. The average Bonchev–Trinajstić information content (AvgIpc) is 4.06. The van der Waals surface area contributed by atoms with Crippen LogP contribution in [-0.4, -0.2) is 162 Å². The number of halogens is 1. The molecule has 27 heteroatoms. The number of ether oxygens (including phenoxy) is 2. The first kappa shape index (κ1) is 63.6. The number of nitrogens with zero attached hydrogens (tertiary/aromatic N) is 3. The number of unbranched alkanes of at least 4 members (excludes halogenated alkanes) is 2. The van der Waals surface area contributed by atoms with Crippen molar-refractivity contribution in [2.24, 2.45) is 5.92 Å². The van der Waals surface area contributed by atoms with Crippen LogP contribution in [-0.2, 0) is 77.9 Å². The van der Waals surface area contributed by atoms with Gasteiger partial charge in [0.2, 0.25) is 35.4 Å². The number of hydrogen-bond acceptors (Lipinski definition) is 18. The second kappa shape index (κ2) is 27.9. The minimum Gasteiger partial charge on any atom is -0.458 e. The molecule has 26 nitrogen and oxygen atoms in total. The third-order valence-corrected chi connectivity index (χ3v) is 14.8. The standard InChI is InChI=1S/C55H72FN9O17/c1-7-39(66)48(73)49(74)40(67)22-58-41(68)14-13-36(61-42(69)12-10-9-11-17-64-44(71)15-16-45(64)72)51(76)63-46(27(3)4)52(77)60-29(6)50(75)59-26-81-25-43(70)57-21-32-28(5)35(56)20-37-31(32)18-30-23-65-38(47(30)62-37)19-34-33(53(65)78)24-82-54(79)55(34,80)8-2/h15-16,18-20,27,29,36,39-40,46,48-49,66-67,73-74,80H,7-14,17,21-26H2,1-6H3,(H,57,70)(H,58,68)(H,59,75)(H,60,77)(H,61,69)(H,63,76)/t29-,36-,39+,40-,46-,48+,49+,55-/m0/s1. The van der Waals surface area contributed by atoms with Crippen molar-refractivity contribution in [3.05, 3.63) is 74.3 Å². The highest BCUT2D eigenvalue weighted by Crippen LogP contribution is 2.39. The maximum Gasteiger partial charge on any atom is 0.343 e. The molecular formula is C55H72FN9O17. The van der Waals surface area contributed by atoms with E-state index in [2.05, 4.69) is 31.9 Å². The summed E-state index contributed by atoms with van der Waals surface area (Å²) < 4.78 is 27.4. The molecule has 0 unspecified atom stereocenters. The molecule has 3 aliphatic heterocycles. The number of nitrogens with one attached hydrogen (secondary N) is 6. The van der Waals surface area contributed by atoms with Gasteiger partial charge in [-0.05, 0) is 75.1 Å². The van der Waals surface area contributed by atoms with Gasteiger partial charge in [-0.2, -0.15) is 0 Å². The number of rotatable bonds is 29. The maximum absolute atomic E-state index is 15.4. The molecule has 2 aromatic heterocycles. The van der Waals surface area contributed by atoms with Crippen LogP contribution >= 0.6 is 0 Å². The van der Waals surface area contributed by atoms with E-state index in [0.29, 0.717) is 47.2 Å². The van der Waals surface area contributed by atoms with Gasteiger partial charge in [0.25, 0.3) is 17.4 Å². The number of aliphatic hydroxyl groups excluding tert-OH is 4. The van der Waals surface area contributed by atoms with Gasteiger partial charge in [0.05, 0.1) is 41.2 Å². The molecule has 446 valence electrons. The summed E-state index contributed by atoms with van der Waals surface area (Å²) >= 11 is 0. The van der Waals surface area contributed by atoms with Crippen molar-refractivity contribution in [3.8, 4) is 11.4 Å². The van der Waals surface area contributed by atoms with Gasteiger partial charge in [0, 0.05) is 67.2 Å². The topological polar surface area (TPSA) is 384 Å². The molecule has 0 radical (unpaired) electrons. The number of carbonyl (C=O) groups is 9. The van der Waals surface area contributed by atoms with Gasteiger partial charge in [-0.25, -0.2) is 14.2 Å². The summed E-state index contributed by atoms with van der Waals surface area (Å²) in [5, 5.41) is 67.3. The number of imide groups is 1. The minimum absolute atomic E-state index is 0.0431. The maximum atomic E-state index is 15.4. The SMILES string of the molecule is CC[C@@H](O)[C@@H](O)[C@H](O)[C@@H](O)CNC(=O)CC[C@H](NC(=O)CCCCCN1C(=O)C=CC1=O)C(=O)N[C@H](C(=O)N[C@@H](C)C(=O)NCOCC(=O)NCc1c(C)c(F)cc2nc3c(cc12)Cn1c-3cc2c(c1=O)COC(=O)[C@]2(O)CC)C(C)C. The number of benzene rings is 1. The molecule has 82 heavy (non-hydrogen) atoms. The van der Waals surface area contributed by atoms with Gasteiger partial charge >= 0.3 is 5.97 Å². The zero-order chi connectivity index (χ0) is 60.3. The number of esters is 1. The van der Waals surface area contributed by atoms with Gasteiger partial charge in [0.1, 0.15) is 56.1 Å². The van der Waals surface area contributed by atoms with E-state index < -0.39 is 145 Å². The fourth-order valence-corrected chi connectivity index (χ4v) is 9.62. The molecule has 5 heterocycles. The zero-order valence-electron chi connectivity index (χ0n) is 46.5. The van der Waals surface area contributed by atoms with Crippen molar-refractivity contribution >= 4 is 64.1 Å². The molecule has 8 atom stereocenters. The number of cyclic esters (lactones) is 1. The van der Waals surface area contributed by atoms with Crippen LogP contribution in [0.3, 0.4) is 0 Å². The largest absolute Gasteiger partial charge is 0.458 e. The number of hydrogen-bond donors (Lipinski definition) is 11. The molecule has 0 spiro atoms. The van der Waals surface area contributed by atoms with Gasteiger partial charge < -0.3 is 71.5 Å². The Morgan fingerprint density at radius 3 is 2.18 bits per heavy atom. The van der Waals surface area contributed by atoms with Gasteiger partial charge in [0.15, 0.2) is 5.60 Å². The van der Waals surface area contributed by atoms with Crippen molar-refractivity contribution in [2.45, 2.75) is 161 Å². The Morgan fingerprint density at radius 1 is 0.817 bits per heavy atom. The smallest absolute Gasteiger partial charge is 0.343 e. The molecular weight excluding hydrogens is 1080 g/mol. The van der Waals surface area contributed by atoms with Crippen molar-refractivity contribution in [1.82, 2.24) is 46.4 Å². The Hall–Kier alpha value is -7.56. The van der Waals surface area contributed by atoms with E-state index in [9.17, 15) is 73.5 Å². The van der Waals surface area contributed by atoms with Gasteiger partial charge in [-0.1, -0.05) is 34.1 Å². The van der Waals surface area contributed by atoms with Crippen LogP contribution in [0.15, 0.2) is 35.1 Å². The van der Waals surface area contributed by atoms with E-state index in [1.807, 2.05) is 0 Å². The number of pyridine rings is 2. The quantitative estimate of drug-likeness (QED) is 0.0129. The Kier molecular flexibility index (Phi) is 21.7. The highest BCUT2D eigenvalue weighted by atomic mass is 19.1. The molecule has 3 aromatic rings. The van der Waals surface area contributed by atoms with Crippen molar-refractivity contribution < 1.29 is 82.5 Å². The second-order valence-electron chi connectivity index (χ2n) is 20.9. The van der Waals surface area contributed by atoms with Crippen molar-refractivity contribution in [3.63, 3.8) is 0 Å². The fourth-order valence-electron chi connectivity index (χ4n) is 9.62. The highest BCUT2D eigenvalue weighted by Gasteiger charge is 2.45. The first-order valence-corrected chi connectivity index (χ1v) is 27.1. The lowest BCUT2D eigenvalue weighted by Gasteiger charge is -2.31. The minimum atomic E-state index is -2.03. The molecule has 0 saturated carbocycles. The molecule has 0 aliphatic carbocycles. The summed E-state index contributed by atoms with van der Waals surface area (Å²) in [7, 11) is 0. The van der Waals surface area contributed by atoms with E-state index in [0.717, 1.165) is 17.1 Å². The second-order valence-corrected chi connectivity index (χ2v) is 20.9. The Morgan fingerprint density at radius 2 is 1.51 bits per heavy atom. The van der Waals surface area contributed by atoms with E-state index in [1.54, 1.807) is 39.8 Å². The van der Waals surface area contributed by atoms with Crippen LogP contribution in [0.25, 0.3) is 22.3 Å². The van der Waals surface area contributed by atoms with Crippen LogP contribution in [0.2, 0.25) is 0 Å². The van der Waals surface area contributed by atoms with Crippen LogP contribution in [0, 0.1) is 18.7 Å². The first-order valence-electron chi connectivity index (χ1n) is 27.1. The molecule has 11 N–H and O–H groups in total. The molecule has 0 bridgehead atoms. The van der Waals surface area contributed by atoms with E-state index in [-0.39, 0.29) is 74.1 Å². The molecule has 8 amide bonds. The van der Waals surface area contributed by atoms with Gasteiger partial charge in [-0.15, -0.1) is 0 Å². The lowest BCUT2D eigenvalue weighted by molar-refractivity contribution is -0.172. The van der Waals surface area contributed by atoms with Crippen LogP contribution in [0.4, 0.5) is 4.39 Å². The van der Waals surface area contributed by atoms with E-state index in [4.69, 9.17) is 14.5 Å². The predicted octanol–water partition coefficient (Wildman–Crippen LogP) is -1.40. The number of aliphatic hydroxyl groups is 5. The molecule has 0 saturated heterocycles. The third-order valence-electron chi connectivity index (χ3n) is 14.8. The summed E-state index contributed by atoms with van der Waals surface area (Å²) in [5.74, 6) is -7.30. The highest BCUT2D eigenvalue weighted by molar-refractivity contribution is 6.12. The number of aromatic nitrogens is 2. The molecule has 6 rings (SSSR count). The monoisotopic (exact) mass is 1150 g/mol. The summed E-state index contributed by atoms with van der Waals surface area (Å²) in [6, 6.07) is 0.635. The number of fused-ring (bicyclic) bond motifs is 5. The molecule has 3 aliphatic rings. The van der Waals surface area contributed by atoms with Crippen LogP contribution < -0.4 is 37.5 Å². The Balaban J connectivity index is 0.997. The number of amides is 8. The summed E-state index contributed by atoms with van der Waals surface area (Å²) in [6.07, 6.45) is -3.83. The molecule has 1 aromatic carbocycles. The van der Waals surface area contributed by atoms with E-state index in [1.165, 1.54) is 24.5 Å². The predicted molar refractivity (Wildman–Crippen MR) is 287 cm³/mol. The van der Waals surface area contributed by atoms with Crippen molar-refractivity contribution in [1.29, 1.82) is 0 Å². The molecule has 0 fully saturated rings. The summed E-state index contributed by atoms with van der Waals surface area (Å²) in [5.41, 5.74) is -0.0765. The first-order chi connectivity index (χ1) is 38.8. The van der Waals surface area contributed by atoms with Crippen molar-refractivity contribution in [2.75, 3.05) is 26.4 Å². The van der Waals surface area contributed by atoms with Crippen LogP contribution in [0.5, 0.6) is 0 Å². The summed E-state index contributed by atoms with van der Waals surface area (Å²) in [4.78, 5) is 135. The fraction of sp³-hybridized carbons (Fsp3) is 0.545. The Labute approximate surface area is 470 Å². The zero-order valence-corrected chi connectivity index (χ0v) is 46.5. The third kappa shape index (κ3) is 14.9. The Bertz CT molecular complexity index is 3040. The van der Waals surface area contributed by atoms with E-state index >= 15 is 4.39 Å². The lowest BCUT2D eigenvalue weighted by atomic mass is 9.86. The normalized spacial score (nSPS) is 17.9. The number of carbonyl (C=O) groups excluding carboxylic acids is 9.